The molecule has 1 saturated heterocycles. The molecule has 0 aliphatic carbocycles. The molecule has 0 spiro atoms. The summed E-state index contributed by atoms with van der Waals surface area (Å²) in [7, 11) is 0. The van der Waals surface area contributed by atoms with Gasteiger partial charge in [-0.1, -0.05) is 25.4 Å². The van der Waals surface area contributed by atoms with E-state index < -0.39 is 6.04 Å². The van der Waals surface area contributed by atoms with Crippen LogP contribution in [-0.4, -0.2) is 49.1 Å². The summed E-state index contributed by atoms with van der Waals surface area (Å²) in [4.78, 5) is 31.9. The van der Waals surface area contributed by atoms with E-state index in [0.29, 0.717) is 30.3 Å². The van der Waals surface area contributed by atoms with Crippen LogP contribution in [0.1, 0.15) is 29.8 Å². The van der Waals surface area contributed by atoms with Crippen LogP contribution in [0.25, 0.3) is 0 Å². The quantitative estimate of drug-likeness (QED) is 0.705. The third-order valence-electron chi connectivity index (χ3n) is 4.95. The smallest absolute Gasteiger partial charge is 0.251 e. The topological polar surface area (TPSA) is 83.6 Å². The number of carbonyl (C=O) groups is 2. The average molecular weight is 431 g/mol. The molecule has 2 heterocycles. The standard InChI is InChI=1S/C22H27ClN4O3/c1-15(2)20(26-21(28)17-3-5-18(23)6-4-17)22(29)25-14-16-7-8-24-19(13-16)27-9-11-30-12-10-27/h3-8,13,15,20H,9-12,14H2,1-2H3,(H,25,29)(H,26,28)/t20-/m0/s1. The zero-order chi connectivity index (χ0) is 21.5. The molecular formula is C22H27ClN4O3. The lowest BCUT2D eigenvalue weighted by Crippen LogP contribution is -2.49. The minimum absolute atomic E-state index is 0.0670. The van der Waals surface area contributed by atoms with E-state index in [9.17, 15) is 9.59 Å². The summed E-state index contributed by atoms with van der Waals surface area (Å²) in [5.74, 6) is 0.278. The molecule has 1 aliphatic heterocycles. The SMILES string of the molecule is CC(C)[C@H](NC(=O)c1ccc(Cl)cc1)C(=O)NCc1ccnc(N2CCOCC2)c1. The summed E-state index contributed by atoms with van der Waals surface area (Å²) in [5, 5.41) is 6.31. The van der Waals surface area contributed by atoms with Gasteiger partial charge in [-0.15, -0.1) is 0 Å². The fourth-order valence-corrected chi connectivity index (χ4v) is 3.32. The van der Waals surface area contributed by atoms with Gasteiger partial charge < -0.3 is 20.3 Å². The lowest BCUT2D eigenvalue weighted by atomic mass is 10.0. The number of anilines is 1. The molecule has 0 unspecified atom stereocenters. The number of hydrogen-bond acceptors (Lipinski definition) is 5. The van der Waals surface area contributed by atoms with E-state index in [0.717, 1.165) is 24.5 Å². The average Bonchev–Trinajstić information content (AvgIpc) is 2.76. The zero-order valence-electron chi connectivity index (χ0n) is 17.2. The number of nitrogens with one attached hydrogen (secondary N) is 2. The molecule has 2 amide bonds. The van der Waals surface area contributed by atoms with Crippen LogP contribution in [0.4, 0.5) is 5.82 Å². The number of amides is 2. The molecule has 1 atom stereocenters. The van der Waals surface area contributed by atoms with Crippen LogP contribution in [0.3, 0.4) is 0 Å². The highest BCUT2D eigenvalue weighted by atomic mass is 35.5. The minimum atomic E-state index is -0.645. The van der Waals surface area contributed by atoms with E-state index >= 15 is 0 Å². The van der Waals surface area contributed by atoms with Crippen LogP contribution < -0.4 is 15.5 Å². The molecule has 2 aromatic rings. The molecule has 0 saturated carbocycles. The normalized spacial score (nSPS) is 15.0. The highest BCUT2D eigenvalue weighted by Crippen LogP contribution is 2.15. The maximum atomic E-state index is 12.8. The molecule has 1 aromatic heterocycles. The molecular weight excluding hydrogens is 404 g/mol. The Balaban J connectivity index is 1.60. The maximum Gasteiger partial charge on any atom is 0.251 e. The van der Waals surface area contributed by atoms with Crippen molar-refractivity contribution in [3.05, 3.63) is 58.7 Å². The predicted octanol–water partition coefficient (Wildman–Crippen LogP) is 2.64. The first kappa shape index (κ1) is 22.1. The van der Waals surface area contributed by atoms with Crippen molar-refractivity contribution in [3.8, 4) is 0 Å². The van der Waals surface area contributed by atoms with Crippen molar-refractivity contribution in [2.75, 3.05) is 31.2 Å². The Morgan fingerprint density at radius 2 is 1.87 bits per heavy atom. The van der Waals surface area contributed by atoms with Gasteiger partial charge in [-0.25, -0.2) is 4.98 Å². The van der Waals surface area contributed by atoms with Crippen LogP contribution in [0, 0.1) is 5.92 Å². The van der Waals surface area contributed by atoms with Gasteiger partial charge in [0.2, 0.25) is 5.91 Å². The number of benzene rings is 1. The first-order valence-electron chi connectivity index (χ1n) is 10.1. The third-order valence-corrected chi connectivity index (χ3v) is 5.21. The molecule has 1 aliphatic rings. The molecule has 0 radical (unpaired) electrons. The number of ether oxygens (including phenoxy) is 1. The second kappa shape index (κ2) is 10.4. The second-order valence-electron chi connectivity index (χ2n) is 7.54. The van der Waals surface area contributed by atoms with Gasteiger partial charge in [0.15, 0.2) is 0 Å². The van der Waals surface area contributed by atoms with Crippen molar-refractivity contribution >= 4 is 29.2 Å². The van der Waals surface area contributed by atoms with E-state index in [2.05, 4.69) is 20.5 Å². The van der Waals surface area contributed by atoms with Gasteiger partial charge >= 0.3 is 0 Å². The van der Waals surface area contributed by atoms with E-state index in [1.807, 2.05) is 26.0 Å². The second-order valence-corrected chi connectivity index (χ2v) is 7.98. The van der Waals surface area contributed by atoms with Crippen molar-refractivity contribution in [1.82, 2.24) is 15.6 Å². The highest BCUT2D eigenvalue weighted by molar-refractivity contribution is 6.30. The third kappa shape index (κ3) is 5.93. The van der Waals surface area contributed by atoms with E-state index in [1.54, 1.807) is 30.5 Å². The number of pyridine rings is 1. The number of carbonyl (C=O) groups excluding carboxylic acids is 2. The van der Waals surface area contributed by atoms with Crippen LogP contribution in [0.2, 0.25) is 5.02 Å². The molecule has 30 heavy (non-hydrogen) atoms. The van der Waals surface area contributed by atoms with Gasteiger partial charge in [-0.2, -0.15) is 0 Å². The highest BCUT2D eigenvalue weighted by Gasteiger charge is 2.24. The lowest BCUT2D eigenvalue weighted by Gasteiger charge is -2.28. The molecule has 1 fully saturated rings. The minimum Gasteiger partial charge on any atom is -0.378 e. The lowest BCUT2D eigenvalue weighted by molar-refractivity contribution is -0.124. The molecule has 8 heteroatoms. The summed E-state index contributed by atoms with van der Waals surface area (Å²) >= 11 is 5.87. The Kier molecular flexibility index (Phi) is 7.65. The maximum absolute atomic E-state index is 12.8. The first-order valence-corrected chi connectivity index (χ1v) is 10.4. The summed E-state index contributed by atoms with van der Waals surface area (Å²) in [6.07, 6.45) is 1.74. The Morgan fingerprint density at radius 1 is 1.17 bits per heavy atom. The van der Waals surface area contributed by atoms with Crippen LogP contribution >= 0.6 is 11.6 Å². The van der Waals surface area contributed by atoms with Crippen LogP contribution in [-0.2, 0) is 16.1 Å². The fraction of sp³-hybridized carbons (Fsp3) is 0.409. The number of halogens is 1. The zero-order valence-corrected chi connectivity index (χ0v) is 18.0. The molecule has 0 bridgehead atoms. The summed E-state index contributed by atoms with van der Waals surface area (Å²) in [6, 6.07) is 9.78. The number of aromatic nitrogens is 1. The first-order chi connectivity index (χ1) is 14.4. The Morgan fingerprint density at radius 3 is 2.53 bits per heavy atom. The summed E-state index contributed by atoms with van der Waals surface area (Å²) < 4.78 is 5.38. The molecule has 2 N–H and O–H groups in total. The van der Waals surface area contributed by atoms with Crippen LogP contribution in [0.15, 0.2) is 42.6 Å². The Hall–Kier alpha value is -2.64. The van der Waals surface area contributed by atoms with E-state index in [1.165, 1.54) is 0 Å². The number of nitrogens with zero attached hydrogens (tertiary/aromatic N) is 2. The van der Waals surface area contributed by atoms with Crippen molar-refractivity contribution in [2.24, 2.45) is 5.92 Å². The number of morpholine rings is 1. The Bertz CT molecular complexity index is 867. The van der Waals surface area contributed by atoms with Gasteiger partial charge in [0.25, 0.3) is 5.91 Å². The fourth-order valence-electron chi connectivity index (χ4n) is 3.20. The van der Waals surface area contributed by atoms with Gasteiger partial charge in [0, 0.05) is 36.4 Å². The van der Waals surface area contributed by atoms with Gasteiger partial charge in [-0.05, 0) is 47.9 Å². The van der Waals surface area contributed by atoms with Crippen molar-refractivity contribution in [3.63, 3.8) is 0 Å². The molecule has 7 nitrogen and oxygen atoms in total. The van der Waals surface area contributed by atoms with Crippen molar-refractivity contribution in [2.45, 2.75) is 26.4 Å². The number of rotatable bonds is 7. The van der Waals surface area contributed by atoms with E-state index in [-0.39, 0.29) is 17.7 Å². The Labute approximate surface area is 181 Å². The predicted molar refractivity (Wildman–Crippen MR) is 117 cm³/mol. The van der Waals surface area contributed by atoms with Crippen molar-refractivity contribution in [1.29, 1.82) is 0 Å². The van der Waals surface area contributed by atoms with Gasteiger partial charge in [0.05, 0.1) is 13.2 Å². The summed E-state index contributed by atoms with van der Waals surface area (Å²) in [5.41, 5.74) is 1.41. The van der Waals surface area contributed by atoms with Crippen LogP contribution in [0.5, 0.6) is 0 Å². The number of hydrogen-bond donors (Lipinski definition) is 2. The van der Waals surface area contributed by atoms with Gasteiger partial charge in [0.1, 0.15) is 11.9 Å². The monoisotopic (exact) mass is 430 g/mol. The molecule has 1 aromatic carbocycles. The molecule has 160 valence electrons. The van der Waals surface area contributed by atoms with Gasteiger partial charge in [-0.3, -0.25) is 9.59 Å². The summed E-state index contributed by atoms with van der Waals surface area (Å²) in [6.45, 7) is 7.13. The van der Waals surface area contributed by atoms with Crippen molar-refractivity contribution < 1.29 is 14.3 Å². The largest absolute Gasteiger partial charge is 0.378 e. The van der Waals surface area contributed by atoms with E-state index in [4.69, 9.17) is 16.3 Å². The molecule has 3 rings (SSSR count).